The van der Waals surface area contributed by atoms with Crippen LogP contribution in [0.1, 0.15) is 29.8 Å². The van der Waals surface area contributed by atoms with E-state index in [1.165, 1.54) is 0 Å². The van der Waals surface area contributed by atoms with Gasteiger partial charge in [-0.05, 0) is 49.8 Å². The summed E-state index contributed by atoms with van der Waals surface area (Å²) in [5.41, 5.74) is 2.25. The number of benzene rings is 2. The van der Waals surface area contributed by atoms with Crippen LogP contribution in [0.5, 0.6) is 17.2 Å². The summed E-state index contributed by atoms with van der Waals surface area (Å²) in [5.74, 6) is 1.20. The number of allylic oxidation sites excluding steroid dienone is 1. The number of carbonyl (C=O) groups excluding carboxylic acids is 2. The van der Waals surface area contributed by atoms with Crippen LogP contribution in [-0.4, -0.2) is 31.1 Å². The predicted molar refractivity (Wildman–Crippen MR) is 106 cm³/mol. The quantitative estimate of drug-likeness (QED) is 0.567. The van der Waals surface area contributed by atoms with E-state index in [4.69, 9.17) is 18.9 Å². The molecular weight excluding hydrogens is 372 g/mol. The summed E-state index contributed by atoms with van der Waals surface area (Å²) in [4.78, 5) is 24.1. The number of ether oxygens (including phenoxy) is 4. The average Bonchev–Trinajstić information content (AvgIpc) is 3.02. The van der Waals surface area contributed by atoms with Crippen LogP contribution >= 0.6 is 0 Å². The van der Waals surface area contributed by atoms with Crippen molar-refractivity contribution in [3.05, 3.63) is 71.0 Å². The van der Waals surface area contributed by atoms with Crippen LogP contribution in [0.3, 0.4) is 0 Å². The minimum absolute atomic E-state index is 0.204. The maximum atomic E-state index is 12.7. The summed E-state index contributed by atoms with van der Waals surface area (Å²) in [6.45, 7) is 3.74. The number of rotatable bonds is 5. The topological polar surface area (TPSA) is 71.1 Å². The van der Waals surface area contributed by atoms with Crippen LogP contribution in [0, 0.1) is 0 Å². The summed E-state index contributed by atoms with van der Waals surface area (Å²) >= 11 is 0. The van der Waals surface area contributed by atoms with Gasteiger partial charge in [-0.3, -0.25) is 4.79 Å². The van der Waals surface area contributed by atoms with E-state index in [1.807, 2.05) is 37.3 Å². The SMILES string of the molecule is CCOC(=O)COc1ccc2c(c1)O/C(=C\C1=Cc3ccccc3O[C@@H]1C)C2=O. The molecule has 0 saturated carbocycles. The molecule has 2 aromatic rings. The van der Waals surface area contributed by atoms with Crippen LogP contribution in [-0.2, 0) is 9.53 Å². The molecule has 1 atom stereocenters. The van der Waals surface area contributed by atoms with E-state index in [0.717, 1.165) is 16.9 Å². The molecule has 0 radical (unpaired) electrons. The van der Waals surface area contributed by atoms with Gasteiger partial charge in [0.05, 0.1) is 12.2 Å². The standard InChI is InChI=1S/C23H20O6/c1-3-26-22(24)13-27-17-8-9-18-20(12-17)29-21(23(18)25)11-16-10-15-6-4-5-7-19(15)28-14(16)2/h4-12,14H,3,13H2,1-2H3/b21-11-/t14-/m1/s1. The third-order valence-electron chi connectivity index (χ3n) is 4.62. The molecule has 4 rings (SSSR count). The number of hydrogen-bond donors (Lipinski definition) is 0. The molecule has 148 valence electrons. The van der Waals surface area contributed by atoms with Crippen molar-refractivity contribution in [3.63, 3.8) is 0 Å². The fourth-order valence-electron chi connectivity index (χ4n) is 3.17. The zero-order valence-corrected chi connectivity index (χ0v) is 16.1. The second kappa shape index (κ2) is 7.83. The molecule has 0 aromatic heterocycles. The van der Waals surface area contributed by atoms with Gasteiger partial charge in [0.15, 0.2) is 12.4 Å². The molecule has 2 heterocycles. The van der Waals surface area contributed by atoms with Crippen molar-refractivity contribution in [2.24, 2.45) is 0 Å². The zero-order chi connectivity index (χ0) is 20.4. The molecule has 0 amide bonds. The summed E-state index contributed by atoms with van der Waals surface area (Å²) in [6, 6.07) is 12.6. The molecule has 29 heavy (non-hydrogen) atoms. The first-order valence-electron chi connectivity index (χ1n) is 9.39. The maximum Gasteiger partial charge on any atom is 0.344 e. The van der Waals surface area contributed by atoms with Gasteiger partial charge in [-0.25, -0.2) is 4.79 Å². The Morgan fingerprint density at radius 3 is 2.83 bits per heavy atom. The maximum absolute atomic E-state index is 12.7. The Bertz CT molecular complexity index is 1030. The second-order valence-corrected chi connectivity index (χ2v) is 6.63. The van der Waals surface area contributed by atoms with E-state index in [-0.39, 0.29) is 24.3 Å². The molecular formula is C23H20O6. The van der Waals surface area contributed by atoms with Crippen LogP contribution in [0.25, 0.3) is 6.08 Å². The molecule has 0 N–H and O–H groups in total. The summed E-state index contributed by atoms with van der Waals surface area (Å²) in [5, 5.41) is 0. The Morgan fingerprint density at radius 1 is 1.17 bits per heavy atom. The molecule has 2 aliphatic heterocycles. The van der Waals surface area contributed by atoms with E-state index in [9.17, 15) is 9.59 Å². The Hall–Kier alpha value is -3.54. The highest BCUT2D eigenvalue weighted by Gasteiger charge is 2.29. The number of hydrogen-bond acceptors (Lipinski definition) is 6. The van der Waals surface area contributed by atoms with Crippen molar-refractivity contribution >= 4 is 17.8 Å². The Labute approximate surface area is 168 Å². The van der Waals surface area contributed by atoms with Crippen molar-refractivity contribution in [1.82, 2.24) is 0 Å². The van der Waals surface area contributed by atoms with Crippen molar-refractivity contribution in [2.75, 3.05) is 13.2 Å². The molecule has 0 saturated heterocycles. The smallest absolute Gasteiger partial charge is 0.344 e. The first-order chi connectivity index (χ1) is 14.0. The van der Waals surface area contributed by atoms with Gasteiger partial charge in [-0.1, -0.05) is 18.2 Å². The molecule has 0 aliphatic carbocycles. The van der Waals surface area contributed by atoms with Gasteiger partial charge in [-0.15, -0.1) is 0 Å². The number of ketones is 1. The Balaban J connectivity index is 1.54. The van der Waals surface area contributed by atoms with Crippen molar-refractivity contribution in [3.8, 4) is 17.2 Å². The lowest BCUT2D eigenvalue weighted by molar-refractivity contribution is -0.145. The van der Waals surface area contributed by atoms with Crippen molar-refractivity contribution in [1.29, 1.82) is 0 Å². The number of Topliss-reactive ketones (excluding diaryl/α,β-unsaturated/α-hetero) is 1. The lowest BCUT2D eigenvalue weighted by atomic mass is 10.0. The number of esters is 1. The fourth-order valence-corrected chi connectivity index (χ4v) is 3.17. The minimum atomic E-state index is -0.455. The highest BCUT2D eigenvalue weighted by molar-refractivity contribution is 6.12. The van der Waals surface area contributed by atoms with Crippen LogP contribution in [0.4, 0.5) is 0 Å². The molecule has 0 bridgehead atoms. The summed E-state index contributed by atoms with van der Waals surface area (Å²) in [7, 11) is 0. The van der Waals surface area contributed by atoms with E-state index in [1.54, 1.807) is 31.2 Å². The predicted octanol–water partition coefficient (Wildman–Crippen LogP) is 3.95. The van der Waals surface area contributed by atoms with Gasteiger partial charge >= 0.3 is 5.97 Å². The molecule has 6 nitrogen and oxygen atoms in total. The molecule has 2 aliphatic rings. The zero-order valence-electron chi connectivity index (χ0n) is 16.1. The molecule has 6 heteroatoms. The molecule has 0 spiro atoms. The van der Waals surface area contributed by atoms with Gasteiger partial charge in [0.25, 0.3) is 0 Å². The van der Waals surface area contributed by atoms with Crippen LogP contribution in [0.15, 0.2) is 59.9 Å². The fraction of sp³-hybridized carbons (Fsp3) is 0.217. The van der Waals surface area contributed by atoms with E-state index < -0.39 is 5.97 Å². The van der Waals surface area contributed by atoms with Crippen molar-refractivity contribution < 1.29 is 28.5 Å². The first-order valence-corrected chi connectivity index (χ1v) is 9.39. The first kappa shape index (κ1) is 18.8. The third-order valence-corrected chi connectivity index (χ3v) is 4.62. The lowest BCUT2D eigenvalue weighted by Gasteiger charge is -2.22. The van der Waals surface area contributed by atoms with Crippen LogP contribution < -0.4 is 14.2 Å². The van der Waals surface area contributed by atoms with E-state index in [2.05, 4.69) is 0 Å². The summed E-state index contributed by atoms with van der Waals surface area (Å²) in [6.07, 6.45) is 3.49. The lowest BCUT2D eigenvalue weighted by Crippen LogP contribution is -2.18. The monoisotopic (exact) mass is 392 g/mol. The highest BCUT2D eigenvalue weighted by atomic mass is 16.6. The largest absolute Gasteiger partial charge is 0.485 e. The van der Waals surface area contributed by atoms with Gasteiger partial charge in [0, 0.05) is 11.6 Å². The number of carbonyl (C=O) groups is 2. The highest BCUT2D eigenvalue weighted by Crippen LogP contribution is 2.36. The van der Waals surface area contributed by atoms with Gasteiger partial charge in [0.1, 0.15) is 23.4 Å². The molecule has 2 aromatic carbocycles. The van der Waals surface area contributed by atoms with E-state index in [0.29, 0.717) is 23.7 Å². The molecule has 0 fully saturated rings. The van der Waals surface area contributed by atoms with Crippen molar-refractivity contribution in [2.45, 2.75) is 20.0 Å². The molecule has 0 unspecified atom stereocenters. The van der Waals surface area contributed by atoms with Gasteiger partial charge in [-0.2, -0.15) is 0 Å². The van der Waals surface area contributed by atoms with Crippen LogP contribution in [0.2, 0.25) is 0 Å². The number of para-hydroxylation sites is 1. The average molecular weight is 392 g/mol. The second-order valence-electron chi connectivity index (χ2n) is 6.63. The van der Waals surface area contributed by atoms with Gasteiger partial charge in [0.2, 0.25) is 5.78 Å². The Kier molecular flexibility index (Phi) is 5.08. The van der Waals surface area contributed by atoms with E-state index >= 15 is 0 Å². The number of fused-ring (bicyclic) bond motifs is 2. The Morgan fingerprint density at radius 2 is 2.00 bits per heavy atom. The minimum Gasteiger partial charge on any atom is -0.485 e. The third kappa shape index (κ3) is 3.87. The van der Waals surface area contributed by atoms with Gasteiger partial charge < -0.3 is 18.9 Å². The normalized spacial score (nSPS) is 18.3. The summed E-state index contributed by atoms with van der Waals surface area (Å²) < 4.78 is 21.9.